The van der Waals surface area contributed by atoms with E-state index in [4.69, 9.17) is 21.3 Å². The molecule has 7 heteroatoms. The summed E-state index contributed by atoms with van der Waals surface area (Å²) in [5.74, 6) is 0.788. The minimum Gasteiger partial charge on any atom is -0.496 e. The van der Waals surface area contributed by atoms with Crippen LogP contribution in [0.25, 0.3) is 10.6 Å². The molecule has 32 heavy (non-hydrogen) atoms. The van der Waals surface area contributed by atoms with E-state index in [1.165, 1.54) is 50.1 Å². The van der Waals surface area contributed by atoms with Gasteiger partial charge in [-0.25, -0.2) is 4.98 Å². The van der Waals surface area contributed by atoms with E-state index in [1.807, 2.05) is 24.0 Å². The van der Waals surface area contributed by atoms with Gasteiger partial charge in [0, 0.05) is 24.2 Å². The van der Waals surface area contributed by atoms with Gasteiger partial charge in [0.15, 0.2) is 0 Å². The molecule has 176 valence electrons. The van der Waals surface area contributed by atoms with Crippen molar-refractivity contribution in [2.24, 2.45) is 0 Å². The van der Waals surface area contributed by atoms with Crippen LogP contribution in [0, 0.1) is 6.92 Å². The van der Waals surface area contributed by atoms with Crippen molar-refractivity contribution in [1.82, 2.24) is 14.8 Å². The highest BCUT2D eigenvalue weighted by Crippen LogP contribution is 2.36. The van der Waals surface area contributed by atoms with Crippen LogP contribution in [0.15, 0.2) is 18.2 Å². The van der Waals surface area contributed by atoms with E-state index in [0.717, 1.165) is 42.2 Å². The summed E-state index contributed by atoms with van der Waals surface area (Å²) in [7, 11) is 1.63. The molecule has 1 aromatic heterocycles. The molecule has 0 N–H and O–H groups in total. The van der Waals surface area contributed by atoms with Gasteiger partial charge in [0.1, 0.15) is 15.6 Å². The van der Waals surface area contributed by atoms with Crippen molar-refractivity contribution in [1.29, 1.82) is 0 Å². The largest absolute Gasteiger partial charge is 0.496 e. The van der Waals surface area contributed by atoms with E-state index in [-0.39, 0.29) is 5.91 Å². The van der Waals surface area contributed by atoms with E-state index in [9.17, 15) is 4.79 Å². The molecule has 1 saturated heterocycles. The number of nitrogens with zero attached hydrogens (tertiary/aromatic N) is 3. The van der Waals surface area contributed by atoms with Gasteiger partial charge in [-0.15, -0.1) is 11.3 Å². The summed E-state index contributed by atoms with van der Waals surface area (Å²) < 4.78 is 5.49. The number of aryl methyl sites for hydroxylation is 1. The lowest BCUT2D eigenvalue weighted by Crippen LogP contribution is -2.39. The van der Waals surface area contributed by atoms with Crippen molar-refractivity contribution >= 4 is 28.8 Å². The Bertz CT molecular complexity index is 893. The highest BCUT2D eigenvalue weighted by Gasteiger charge is 2.24. The second-order valence-corrected chi connectivity index (χ2v) is 10.1. The fraction of sp³-hybridized carbons (Fsp3) is 0.600. The van der Waals surface area contributed by atoms with E-state index >= 15 is 0 Å². The summed E-state index contributed by atoms with van der Waals surface area (Å²) in [6, 6.07) is 5.97. The summed E-state index contributed by atoms with van der Waals surface area (Å²) in [5.41, 5.74) is 1.59. The number of rotatable bonds is 9. The lowest BCUT2D eigenvalue weighted by molar-refractivity contribution is 0.0739. The Kier molecular flexibility index (Phi) is 9.38. The Hall–Kier alpha value is -1.63. The standard InChI is InChI=1S/C25H36ClN3O2S/c1-5-13-29(16-12-18(2)28-14-8-6-7-9-15-28)25(30)23-19(3)27-24(32-23)21-17-20(26)10-11-22(21)31-4/h10-11,17-18H,5-9,12-16H2,1-4H3. The maximum Gasteiger partial charge on any atom is 0.265 e. The zero-order valence-electron chi connectivity index (χ0n) is 19.8. The van der Waals surface area contributed by atoms with Crippen molar-refractivity contribution in [2.75, 3.05) is 33.3 Å². The number of carbonyl (C=O) groups is 1. The summed E-state index contributed by atoms with van der Waals surface area (Å²) in [5, 5.41) is 1.39. The zero-order valence-corrected chi connectivity index (χ0v) is 21.4. The number of aromatic nitrogens is 1. The van der Waals surface area contributed by atoms with Gasteiger partial charge in [-0.1, -0.05) is 31.4 Å². The van der Waals surface area contributed by atoms with Gasteiger partial charge in [0.05, 0.1) is 18.4 Å². The Morgan fingerprint density at radius 3 is 2.62 bits per heavy atom. The first-order valence-electron chi connectivity index (χ1n) is 11.8. The number of ether oxygens (including phenoxy) is 1. The van der Waals surface area contributed by atoms with Crippen LogP contribution in [0.3, 0.4) is 0 Å². The summed E-state index contributed by atoms with van der Waals surface area (Å²) in [6.07, 6.45) is 7.20. The minimum absolute atomic E-state index is 0.0807. The number of methoxy groups -OCH3 is 1. The third-order valence-corrected chi connectivity index (χ3v) is 7.66. The Morgan fingerprint density at radius 2 is 1.97 bits per heavy atom. The number of benzene rings is 1. The number of amides is 1. The van der Waals surface area contributed by atoms with Gasteiger partial charge in [0.25, 0.3) is 5.91 Å². The Morgan fingerprint density at radius 1 is 1.25 bits per heavy atom. The van der Waals surface area contributed by atoms with Crippen LogP contribution in [-0.4, -0.2) is 60.0 Å². The van der Waals surface area contributed by atoms with Gasteiger partial charge in [-0.05, 0) is 70.8 Å². The van der Waals surface area contributed by atoms with Crippen LogP contribution in [-0.2, 0) is 0 Å². The van der Waals surface area contributed by atoms with E-state index in [2.05, 4.69) is 18.7 Å². The minimum atomic E-state index is 0.0807. The zero-order chi connectivity index (χ0) is 23.1. The summed E-state index contributed by atoms with van der Waals surface area (Å²) >= 11 is 7.64. The first-order valence-corrected chi connectivity index (χ1v) is 13.0. The van der Waals surface area contributed by atoms with Gasteiger partial charge >= 0.3 is 0 Å². The number of halogens is 1. The van der Waals surface area contributed by atoms with Crippen LogP contribution in [0.2, 0.25) is 5.02 Å². The van der Waals surface area contributed by atoms with Crippen molar-refractivity contribution in [3.63, 3.8) is 0 Å². The van der Waals surface area contributed by atoms with Crippen molar-refractivity contribution in [3.05, 3.63) is 33.8 Å². The topological polar surface area (TPSA) is 45.7 Å². The molecule has 0 radical (unpaired) electrons. The third kappa shape index (κ3) is 6.24. The maximum atomic E-state index is 13.5. The molecule has 1 aromatic carbocycles. The van der Waals surface area contributed by atoms with E-state index < -0.39 is 0 Å². The molecule has 0 saturated carbocycles. The molecule has 5 nitrogen and oxygen atoms in total. The molecular weight excluding hydrogens is 442 g/mol. The smallest absolute Gasteiger partial charge is 0.265 e. The molecule has 1 amide bonds. The molecule has 1 aliphatic heterocycles. The molecule has 0 aliphatic carbocycles. The van der Waals surface area contributed by atoms with Crippen LogP contribution in [0.5, 0.6) is 5.75 Å². The molecule has 1 fully saturated rings. The highest BCUT2D eigenvalue weighted by molar-refractivity contribution is 7.17. The molecule has 1 aliphatic rings. The number of thiazole rings is 1. The second-order valence-electron chi connectivity index (χ2n) is 8.66. The van der Waals surface area contributed by atoms with Crippen molar-refractivity contribution in [3.8, 4) is 16.3 Å². The first-order chi connectivity index (χ1) is 15.4. The number of hydrogen-bond donors (Lipinski definition) is 0. The van der Waals surface area contributed by atoms with Gasteiger partial charge in [0.2, 0.25) is 0 Å². The molecule has 2 heterocycles. The number of hydrogen-bond acceptors (Lipinski definition) is 5. The van der Waals surface area contributed by atoms with Crippen LogP contribution < -0.4 is 4.74 Å². The predicted molar refractivity (Wildman–Crippen MR) is 134 cm³/mol. The molecule has 0 bridgehead atoms. The SMILES string of the molecule is CCCN(CCC(C)N1CCCCCC1)C(=O)c1sc(-c2cc(Cl)ccc2OC)nc1C. The Labute approximate surface area is 201 Å². The lowest BCUT2D eigenvalue weighted by Gasteiger charge is -2.30. The molecule has 3 rings (SSSR count). The highest BCUT2D eigenvalue weighted by atomic mass is 35.5. The molecule has 2 aromatic rings. The molecule has 1 atom stereocenters. The average Bonchev–Trinajstić information content (AvgIpc) is 2.99. The second kappa shape index (κ2) is 12.0. The summed E-state index contributed by atoms with van der Waals surface area (Å²) in [6.45, 7) is 10.2. The Balaban J connectivity index is 1.74. The fourth-order valence-electron chi connectivity index (χ4n) is 4.35. The van der Waals surface area contributed by atoms with E-state index in [0.29, 0.717) is 21.7 Å². The monoisotopic (exact) mass is 477 g/mol. The van der Waals surface area contributed by atoms with Crippen LogP contribution in [0.4, 0.5) is 0 Å². The third-order valence-electron chi connectivity index (χ3n) is 6.24. The van der Waals surface area contributed by atoms with Crippen molar-refractivity contribution < 1.29 is 9.53 Å². The normalized spacial score (nSPS) is 15.9. The lowest BCUT2D eigenvalue weighted by atomic mass is 10.1. The van der Waals surface area contributed by atoms with Crippen molar-refractivity contribution in [2.45, 2.75) is 65.3 Å². The summed E-state index contributed by atoms with van der Waals surface area (Å²) in [4.78, 5) is 23.5. The maximum absolute atomic E-state index is 13.5. The number of likely N-dealkylation sites (tertiary alicyclic amines) is 1. The number of carbonyl (C=O) groups excluding carboxylic acids is 1. The predicted octanol–water partition coefficient (Wildman–Crippen LogP) is 6.29. The van der Waals surface area contributed by atoms with E-state index in [1.54, 1.807) is 13.2 Å². The quantitative estimate of drug-likeness (QED) is 0.426. The first kappa shape index (κ1) is 25.0. The molecular formula is C25H36ClN3O2S. The van der Waals surface area contributed by atoms with Gasteiger partial charge in [-0.3, -0.25) is 4.79 Å². The van der Waals surface area contributed by atoms with Gasteiger partial charge in [-0.2, -0.15) is 0 Å². The van der Waals surface area contributed by atoms with Crippen LogP contribution >= 0.6 is 22.9 Å². The fourth-order valence-corrected chi connectivity index (χ4v) is 5.57. The van der Waals surface area contributed by atoms with Crippen LogP contribution in [0.1, 0.15) is 67.7 Å². The molecule has 1 unspecified atom stereocenters. The average molecular weight is 478 g/mol. The van der Waals surface area contributed by atoms with Gasteiger partial charge < -0.3 is 14.5 Å². The molecule has 0 spiro atoms.